The molecule has 0 aliphatic carbocycles. The molecule has 1 heterocycles. The normalized spacial score (nSPS) is 11.5. The van der Waals surface area contributed by atoms with Crippen molar-refractivity contribution in [2.45, 2.75) is 11.3 Å². The third kappa shape index (κ3) is 2.12. The zero-order valence-electron chi connectivity index (χ0n) is 7.49. The lowest BCUT2D eigenvalue weighted by atomic mass is 10.2. The van der Waals surface area contributed by atoms with Gasteiger partial charge in [-0.3, -0.25) is 0 Å². The maximum absolute atomic E-state index is 13.3. The van der Waals surface area contributed by atoms with Gasteiger partial charge in [-0.05, 0) is 0 Å². The summed E-state index contributed by atoms with van der Waals surface area (Å²) in [5.74, 6) is -1.75. The fraction of sp³-hybridized carbons (Fsp3) is 0.143. The highest BCUT2D eigenvalue weighted by atomic mass is 32.2. The Labute approximate surface area is 88.4 Å². The van der Waals surface area contributed by atoms with Gasteiger partial charge in [-0.15, -0.1) is 0 Å². The molecule has 0 aliphatic rings. The van der Waals surface area contributed by atoms with Crippen molar-refractivity contribution >= 4 is 10.0 Å². The zero-order valence-corrected chi connectivity index (χ0v) is 8.30. The first kappa shape index (κ1) is 12.4. The first-order valence-corrected chi connectivity index (χ1v) is 5.23. The molecule has 9 heteroatoms. The highest BCUT2D eigenvalue weighted by Gasteiger charge is 2.26. The molecular formula is C7H4F3N3O2S. The number of nitrogens with two attached hydrogens (primary N) is 1. The van der Waals surface area contributed by atoms with Gasteiger partial charge in [0.25, 0.3) is 6.43 Å². The monoisotopic (exact) mass is 251 g/mol. The molecule has 0 bridgehead atoms. The van der Waals surface area contributed by atoms with Crippen LogP contribution < -0.4 is 5.14 Å². The summed E-state index contributed by atoms with van der Waals surface area (Å²) in [4.78, 5) is 1.94. The van der Waals surface area contributed by atoms with Crippen molar-refractivity contribution in [3.05, 3.63) is 23.3 Å². The predicted octanol–water partition coefficient (Wildman–Crippen LogP) is 0.677. The average Bonchev–Trinajstić information content (AvgIpc) is 2.14. The van der Waals surface area contributed by atoms with Crippen LogP contribution >= 0.6 is 0 Å². The van der Waals surface area contributed by atoms with E-state index in [1.807, 2.05) is 0 Å². The molecule has 0 spiro atoms. The Morgan fingerprint density at radius 2 is 2.06 bits per heavy atom. The van der Waals surface area contributed by atoms with Crippen molar-refractivity contribution in [3.63, 3.8) is 0 Å². The SMILES string of the molecule is N#Cc1ncc(S(N)(=O)=O)c(F)c1C(F)F. The van der Waals surface area contributed by atoms with Gasteiger partial charge in [-0.25, -0.2) is 31.7 Å². The Hall–Kier alpha value is -1.66. The molecule has 0 saturated heterocycles. The molecule has 0 aliphatic heterocycles. The molecule has 1 aromatic rings. The number of hydrogen-bond donors (Lipinski definition) is 1. The lowest BCUT2D eigenvalue weighted by molar-refractivity contribution is 0.144. The maximum atomic E-state index is 13.3. The zero-order chi connectivity index (χ0) is 12.5. The lowest BCUT2D eigenvalue weighted by Gasteiger charge is -2.06. The Bertz CT molecular complexity index is 565. The van der Waals surface area contributed by atoms with Gasteiger partial charge in [0.2, 0.25) is 10.0 Å². The van der Waals surface area contributed by atoms with Crippen molar-refractivity contribution < 1.29 is 21.6 Å². The van der Waals surface area contributed by atoms with Crippen molar-refractivity contribution in [1.29, 1.82) is 5.26 Å². The number of nitrogens with zero attached hydrogens (tertiary/aromatic N) is 2. The van der Waals surface area contributed by atoms with E-state index in [9.17, 15) is 21.6 Å². The fourth-order valence-electron chi connectivity index (χ4n) is 0.973. The van der Waals surface area contributed by atoms with Gasteiger partial charge in [0.05, 0.1) is 11.8 Å². The van der Waals surface area contributed by atoms with Gasteiger partial charge in [-0.1, -0.05) is 0 Å². The standard InChI is InChI=1S/C7H4F3N3O2S/c8-6-4(16(12,14)15)2-13-3(1-11)5(6)7(9)10/h2,7H,(H2,12,14,15). The van der Waals surface area contributed by atoms with Crippen LogP contribution in [0.2, 0.25) is 0 Å². The molecule has 1 rings (SSSR count). The number of aromatic nitrogens is 1. The third-order valence-corrected chi connectivity index (χ3v) is 2.55. The summed E-state index contributed by atoms with van der Waals surface area (Å²) in [5.41, 5.74) is -2.24. The van der Waals surface area contributed by atoms with Crippen LogP contribution in [0.4, 0.5) is 13.2 Å². The highest BCUT2D eigenvalue weighted by molar-refractivity contribution is 7.89. The van der Waals surface area contributed by atoms with Crippen LogP contribution in [0.5, 0.6) is 0 Å². The number of nitriles is 1. The molecule has 0 atom stereocenters. The minimum absolute atomic E-state index is 0.426. The lowest BCUT2D eigenvalue weighted by Crippen LogP contribution is -2.16. The summed E-state index contributed by atoms with van der Waals surface area (Å²) in [6.45, 7) is 0. The summed E-state index contributed by atoms with van der Waals surface area (Å²) < 4.78 is 59.7. The van der Waals surface area contributed by atoms with E-state index in [0.29, 0.717) is 6.20 Å². The quantitative estimate of drug-likeness (QED) is 0.835. The molecular weight excluding hydrogens is 247 g/mol. The number of pyridine rings is 1. The van der Waals surface area contributed by atoms with Crippen molar-refractivity contribution in [2.75, 3.05) is 0 Å². The van der Waals surface area contributed by atoms with E-state index < -0.39 is 38.4 Å². The maximum Gasteiger partial charge on any atom is 0.269 e. The Balaban J connectivity index is 3.65. The van der Waals surface area contributed by atoms with E-state index in [4.69, 9.17) is 5.26 Å². The van der Waals surface area contributed by atoms with Gasteiger partial charge < -0.3 is 0 Å². The first-order valence-electron chi connectivity index (χ1n) is 3.68. The topological polar surface area (TPSA) is 96.8 Å². The van der Waals surface area contributed by atoms with E-state index in [2.05, 4.69) is 10.1 Å². The van der Waals surface area contributed by atoms with Gasteiger partial charge in [0, 0.05) is 0 Å². The number of rotatable bonds is 2. The largest absolute Gasteiger partial charge is 0.269 e. The second-order valence-corrected chi connectivity index (χ2v) is 4.19. The molecule has 0 radical (unpaired) electrons. The van der Waals surface area contributed by atoms with Gasteiger partial charge in [-0.2, -0.15) is 5.26 Å². The van der Waals surface area contributed by atoms with Gasteiger partial charge in [0.1, 0.15) is 11.0 Å². The molecule has 0 unspecified atom stereocenters. The van der Waals surface area contributed by atoms with E-state index in [0.717, 1.165) is 0 Å². The van der Waals surface area contributed by atoms with Crippen LogP contribution in [-0.4, -0.2) is 13.4 Å². The van der Waals surface area contributed by atoms with Crippen molar-refractivity contribution in [3.8, 4) is 6.07 Å². The fourth-order valence-corrected chi connectivity index (χ4v) is 1.53. The van der Waals surface area contributed by atoms with Crippen LogP contribution in [0, 0.1) is 17.1 Å². The van der Waals surface area contributed by atoms with E-state index in [-0.39, 0.29) is 0 Å². The number of primary sulfonamides is 1. The predicted molar refractivity (Wildman–Crippen MR) is 45.2 cm³/mol. The van der Waals surface area contributed by atoms with Crippen LogP contribution in [0.15, 0.2) is 11.1 Å². The van der Waals surface area contributed by atoms with Crippen molar-refractivity contribution in [2.24, 2.45) is 5.14 Å². The van der Waals surface area contributed by atoms with Gasteiger partial charge in [0.15, 0.2) is 11.5 Å². The van der Waals surface area contributed by atoms with Crippen molar-refractivity contribution in [1.82, 2.24) is 4.98 Å². The molecule has 86 valence electrons. The number of halogens is 3. The summed E-state index contributed by atoms with van der Waals surface area (Å²) in [6, 6.07) is 1.23. The number of hydrogen-bond acceptors (Lipinski definition) is 4. The van der Waals surface area contributed by atoms with E-state index >= 15 is 0 Å². The Kier molecular flexibility index (Phi) is 3.16. The Morgan fingerprint density at radius 3 is 2.44 bits per heavy atom. The van der Waals surface area contributed by atoms with Crippen LogP contribution in [-0.2, 0) is 10.0 Å². The van der Waals surface area contributed by atoms with Crippen LogP contribution in [0.1, 0.15) is 17.7 Å². The third-order valence-electron chi connectivity index (χ3n) is 1.65. The average molecular weight is 251 g/mol. The molecule has 0 aromatic carbocycles. The van der Waals surface area contributed by atoms with E-state index in [1.165, 1.54) is 6.07 Å². The van der Waals surface area contributed by atoms with Gasteiger partial charge >= 0.3 is 0 Å². The molecule has 0 amide bonds. The summed E-state index contributed by atoms with van der Waals surface area (Å²) in [5, 5.41) is 13.0. The van der Waals surface area contributed by atoms with Crippen LogP contribution in [0.25, 0.3) is 0 Å². The van der Waals surface area contributed by atoms with Crippen LogP contribution in [0.3, 0.4) is 0 Å². The minimum Gasteiger partial charge on any atom is -0.243 e. The first-order chi connectivity index (χ1) is 7.29. The summed E-state index contributed by atoms with van der Waals surface area (Å²) >= 11 is 0. The minimum atomic E-state index is -4.49. The summed E-state index contributed by atoms with van der Waals surface area (Å²) in [6.07, 6.45) is -2.93. The molecule has 0 saturated carbocycles. The highest BCUT2D eigenvalue weighted by Crippen LogP contribution is 2.27. The van der Waals surface area contributed by atoms with E-state index in [1.54, 1.807) is 0 Å². The molecule has 5 nitrogen and oxygen atoms in total. The number of sulfonamides is 1. The molecule has 16 heavy (non-hydrogen) atoms. The second-order valence-electron chi connectivity index (χ2n) is 2.66. The molecule has 0 fully saturated rings. The number of alkyl halides is 2. The summed E-state index contributed by atoms with van der Waals surface area (Å²) in [7, 11) is -4.49. The smallest absolute Gasteiger partial charge is 0.243 e. The Morgan fingerprint density at radius 1 is 1.50 bits per heavy atom. The molecule has 2 N–H and O–H groups in total. The molecule has 1 aromatic heterocycles. The second kappa shape index (κ2) is 4.07.